The molecule has 0 saturated carbocycles. The van der Waals surface area contributed by atoms with Crippen molar-refractivity contribution < 1.29 is 36.6 Å². The van der Waals surface area contributed by atoms with Crippen LogP contribution in [0.4, 0.5) is 22.0 Å². The van der Waals surface area contributed by atoms with Gasteiger partial charge in [0, 0.05) is 6.07 Å². The van der Waals surface area contributed by atoms with Crippen LogP contribution in [-0.4, -0.2) is 23.2 Å². The van der Waals surface area contributed by atoms with E-state index in [1.807, 2.05) is 13.8 Å². The molecule has 22 heavy (non-hydrogen) atoms. The van der Waals surface area contributed by atoms with Crippen LogP contribution in [0.2, 0.25) is 0 Å². The summed E-state index contributed by atoms with van der Waals surface area (Å²) >= 11 is 0. The number of hydrogen-bond acceptors (Lipinski definition) is 2. The smallest absolute Gasteiger partial charge is 0.471 e. The Kier molecular flexibility index (Phi) is 7.47. The highest BCUT2D eigenvalue weighted by atomic mass is 19.4. The van der Waals surface area contributed by atoms with Gasteiger partial charge in [-0.25, -0.2) is 8.78 Å². The molecule has 0 aliphatic carbocycles. The van der Waals surface area contributed by atoms with Crippen molar-refractivity contribution in [3.63, 3.8) is 0 Å². The number of amides is 1. The maximum absolute atomic E-state index is 13.0. The van der Waals surface area contributed by atoms with Crippen LogP contribution < -0.4 is 5.32 Å². The van der Waals surface area contributed by atoms with Gasteiger partial charge in [0.1, 0.15) is 11.6 Å². The zero-order valence-electron chi connectivity index (χ0n) is 11.7. The summed E-state index contributed by atoms with van der Waals surface area (Å²) in [6.45, 7) is 4.00. The predicted molar refractivity (Wildman–Crippen MR) is 66.9 cm³/mol. The molecule has 0 saturated heterocycles. The van der Waals surface area contributed by atoms with Crippen molar-refractivity contribution >= 4 is 11.9 Å². The van der Waals surface area contributed by atoms with Gasteiger partial charge in [-0.3, -0.25) is 9.59 Å². The molecule has 0 aliphatic heterocycles. The van der Waals surface area contributed by atoms with Crippen LogP contribution in [0.1, 0.15) is 31.9 Å². The van der Waals surface area contributed by atoms with Crippen LogP contribution in [0.3, 0.4) is 0 Å². The number of aliphatic carboxylic acids is 1. The molecule has 0 bridgehead atoms. The summed E-state index contributed by atoms with van der Waals surface area (Å²) in [6, 6.07) is 0.0555. The number of rotatable bonds is 4. The fourth-order valence-corrected chi connectivity index (χ4v) is 1.44. The number of carbonyl (C=O) groups is 2. The maximum Gasteiger partial charge on any atom is 0.471 e. The minimum absolute atomic E-state index is 0.414. The Balaban J connectivity index is 0.00000211. The van der Waals surface area contributed by atoms with E-state index < -0.39 is 47.7 Å². The van der Waals surface area contributed by atoms with Crippen molar-refractivity contribution in [2.75, 3.05) is 0 Å². The van der Waals surface area contributed by atoms with Crippen molar-refractivity contribution in [3.8, 4) is 0 Å². The molecular weight excluding hydrogens is 313 g/mol. The highest BCUT2D eigenvalue weighted by molar-refractivity contribution is 5.82. The van der Waals surface area contributed by atoms with Gasteiger partial charge in [0.2, 0.25) is 0 Å². The summed E-state index contributed by atoms with van der Waals surface area (Å²) in [7, 11) is 0. The summed E-state index contributed by atoms with van der Waals surface area (Å²) < 4.78 is 62.3. The zero-order chi connectivity index (χ0) is 17.5. The molecular formula is C13H14F5NO3. The van der Waals surface area contributed by atoms with Gasteiger partial charge >= 0.3 is 18.1 Å². The van der Waals surface area contributed by atoms with E-state index in [2.05, 4.69) is 0 Å². The van der Waals surface area contributed by atoms with Crippen LogP contribution >= 0.6 is 0 Å². The van der Waals surface area contributed by atoms with Crippen LogP contribution in [0, 0.1) is 11.6 Å². The molecule has 1 unspecified atom stereocenters. The zero-order valence-corrected chi connectivity index (χ0v) is 11.7. The molecule has 0 aromatic heterocycles. The molecule has 0 aliphatic rings. The van der Waals surface area contributed by atoms with Crippen LogP contribution in [-0.2, 0) is 9.59 Å². The Morgan fingerprint density at radius 3 is 1.95 bits per heavy atom. The summed E-state index contributed by atoms with van der Waals surface area (Å²) in [4.78, 5) is 21.3. The fourth-order valence-electron chi connectivity index (χ4n) is 1.44. The van der Waals surface area contributed by atoms with Crippen molar-refractivity contribution in [1.29, 1.82) is 0 Å². The average molecular weight is 327 g/mol. The van der Waals surface area contributed by atoms with E-state index in [0.717, 1.165) is 0 Å². The molecule has 4 nitrogen and oxygen atoms in total. The quantitative estimate of drug-likeness (QED) is 0.835. The summed E-state index contributed by atoms with van der Waals surface area (Å²) in [6.07, 6.45) is -6.19. The normalized spacial score (nSPS) is 12.0. The van der Waals surface area contributed by atoms with Crippen LogP contribution in [0.5, 0.6) is 0 Å². The number of nitrogens with one attached hydrogen (secondary N) is 1. The largest absolute Gasteiger partial charge is 0.481 e. The van der Waals surface area contributed by atoms with E-state index in [1.54, 1.807) is 0 Å². The Bertz CT molecular complexity index is 511. The van der Waals surface area contributed by atoms with Gasteiger partial charge in [-0.15, -0.1) is 0 Å². The van der Waals surface area contributed by atoms with Crippen molar-refractivity contribution in [3.05, 3.63) is 35.4 Å². The third kappa shape index (κ3) is 6.51. The van der Waals surface area contributed by atoms with Gasteiger partial charge in [0.05, 0.1) is 12.5 Å². The molecule has 1 aromatic rings. The average Bonchev–Trinajstić information content (AvgIpc) is 2.37. The molecule has 0 heterocycles. The van der Waals surface area contributed by atoms with E-state index in [4.69, 9.17) is 5.11 Å². The number of carboxylic acid groups (broad SMARTS) is 1. The molecule has 1 rings (SSSR count). The number of hydrogen-bond donors (Lipinski definition) is 2. The van der Waals surface area contributed by atoms with Gasteiger partial charge in [-0.1, -0.05) is 13.8 Å². The first kappa shape index (κ1) is 19.8. The molecule has 9 heteroatoms. The third-order valence-corrected chi connectivity index (χ3v) is 2.23. The Morgan fingerprint density at radius 2 is 1.59 bits per heavy atom. The SMILES string of the molecule is CC.O=C(O)CC(NC(=O)C(F)(F)F)c1cc(F)cc(F)c1. The Morgan fingerprint density at radius 1 is 1.14 bits per heavy atom. The van der Waals surface area contributed by atoms with Crippen molar-refractivity contribution in [1.82, 2.24) is 5.32 Å². The Labute approximate surface area is 122 Å². The van der Waals surface area contributed by atoms with E-state index >= 15 is 0 Å². The minimum atomic E-state index is -5.23. The lowest BCUT2D eigenvalue weighted by atomic mass is 10.0. The van der Waals surface area contributed by atoms with Gasteiger partial charge in [0.25, 0.3) is 0 Å². The molecule has 0 spiro atoms. The molecule has 1 aromatic carbocycles. The lowest BCUT2D eigenvalue weighted by molar-refractivity contribution is -0.174. The second kappa shape index (κ2) is 8.30. The third-order valence-electron chi connectivity index (χ3n) is 2.23. The second-order valence-electron chi connectivity index (χ2n) is 3.82. The number of carboxylic acids is 1. The Hall–Kier alpha value is -2.19. The van der Waals surface area contributed by atoms with Gasteiger partial charge < -0.3 is 10.4 Å². The predicted octanol–water partition coefficient (Wildman–Crippen LogP) is 3.19. The van der Waals surface area contributed by atoms with E-state index in [0.29, 0.717) is 18.2 Å². The first-order valence-electron chi connectivity index (χ1n) is 6.15. The van der Waals surface area contributed by atoms with Crippen molar-refractivity contribution in [2.45, 2.75) is 32.5 Å². The first-order valence-corrected chi connectivity index (χ1v) is 6.15. The topological polar surface area (TPSA) is 66.4 Å². The molecule has 124 valence electrons. The number of carbonyl (C=O) groups excluding carboxylic acids is 1. The number of benzene rings is 1. The molecule has 0 fully saturated rings. The fraction of sp³-hybridized carbons (Fsp3) is 0.385. The standard InChI is InChI=1S/C11H8F5NO3.C2H6/c12-6-1-5(2-7(13)3-6)8(4-9(18)19)17-10(20)11(14,15)16;1-2/h1-3,8H,4H2,(H,17,20)(H,18,19);1-2H3. The van der Waals surface area contributed by atoms with Crippen LogP contribution in [0.25, 0.3) is 0 Å². The lowest BCUT2D eigenvalue weighted by Crippen LogP contribution is -2.39. The van der Waals surface area contributed by atoms with E-state index in [1.165, 1.54) is 5.32 Å². The summed E-state index contributed by atoms with van der Waals surface area (Å²) in [5.41, 5.74) is -0.414. The number of halogens is 5. The van der Waals surface area contributed by atoms with Gasteiger partial charge in [-0.2, -0.15) is 13.2 Å². The van der Waals surface area contributed by atoms with Crippen molar-refractivity contribution in [2.24, 2.45) is 0 Å². The van der Waals surface area contributed by atoms with Gasteiger partial charge in [0.15, 0.2) is 0 Å². The summed E-state index contributed by atoms with van der Waals surface area (Å²) in [5.74, 6) is -6.14. The highest BCUT2D eigenvalue weighted by Gasteiger charge is 2.40. The van der Waals surface area contributed by atoms with Gasteiger partial charge in [-0.05, 0) is 17.7 Å². The first-order chi connectivity index (χ1) is 10.1. The molecule has 2 N–H and O–H groups in total. The highest BCUT2D eigenvalue weighted by Crippen LogP contribution is 2.22. The second-order valence-corrected chi connectivity index (χ2v) is 3.82. The summed E-state index contributed by atoms with van der Waals surface area (Å²) in [5, 5.41) is 9.96. The molecule has 1 amide bonds. The molecule has 1 atom stereocenters. The molecule has 0 radical (unpaired) electrons. The monoisotopic (exact) mass is 327 g/mol. The van der Waals surface area contributed by atoms with E-state index in [9.17, 15) is 31.5 Å². The number of alkyl halides is 3. The van der Waals surface area contributed by atoms with Crippen LogP contribution in [0.15, 0.2) is 18.2 Å². The lowest BCUT2D eigenvalue weighted by Gasteiger charge is -2.18. The minimum Gasteiger partial charge on any atom is -0.481 e. The van der Waals surface area contributed by atoms with E-state index in [-0.39, 0.29) is 0 Å². The maximum atomic E-state index is 13.0.